The van der Waals surface area contributed by atoms with Crippen molar-refractivity contribution in [3.63, 3.8) is 0 Å². The number of hydrogen-bond acceptors (Lipinski definition) is 4. The zero-order chi connectivity index (χ0) is 14.2. The minimum atomic E-state index is -3.68. The average Bonchev–Trinajstić information content (AvgIpc) is 2.34. The molecule has 1 aromatic rings. The summed E-state index contributed by atoms with van der Waals surface area (Å²) >= 11 is 0. The highest BCUT2D eigenvalue weighted by molar-refractivity contribution is 7.89. The molecule has 1 saturated heterocycles. The van der Waals surface area contributed by atoms with E-state index in [0.29, 0.717) is 18.4 Å². The van der Waals surface area contributed by atoms with Crippen LogP contribution in [0.15, 0.2) is 17.0 Å². The van der Waals surface area contributed by atoms with Crippen LogP contribution in [0.25, 0.3) is 0 Å². The van der Waals surface area contributed by atoms with E-state index in [-0.39, 0.29) is 23.7 Å². The Labute approximate surface area is 111 Å². The van der Waals surface area contributed by atoms with E-state index in [1.54, 1.807) is 0 Å². The van der Waals surface area contributed by atoms with Crippen LogP contribution in [0.5, 0.6) is 0 Å². The molecular weight excluding hydrogens is 271 g/mol. The van der Waals surface area contributed by atoms with Crippen molar-refractivity contribution >= 4 is 15.7 Å². The van der Waals surface area contributed by atoms with E-state index in [4.69, 9.17) is 5.73 Å². The summed E-state index contributed by atoms with van der Waals surface area (Å²) in [4.78, 5) is 0.0304. The highest BCUT2D eigenvalue weighted by Gasteiger charge is 2.30. The number of halogens is 1. The van der Waals surface area contributed by atoms with Crippen LogP contribution in [0.2, 0.25) is 0 Å². The molecule has 1 fully saturated rings. The normalized spacial score (nSPS) is 18.7. The SMILES string of the molecule is Cc1cc(F)c(N)cc1S(=O)(=O)N1CCC(O)CC1. The van der Waals surface area contributed by atoms with Gasteiger partial charge in [0.25, 0.3) is 0 Å². The molecule has 106 valence electrons. The number of nitrogens with two attached hydrogens (primary N) is 1. The second-order valence-corrected chi connectivity index (χ2v) is 6.68. The summed E-state index contributed by atoms with van der Waals surface area (Å²) in [7, 11) is -3.68. The van der Waals surface area contributed by atoms with Gasteiger partial charge >= 0.3 is 0 Å². The first-order chi connectivity index (χ1) is 8.82. The second kappa shape index (κ2) is 5.07. The number of sulfonamides is 1. The lowest BCUT2D eigenvalue weighted by atomic mass is 10.1. The molecule has 0 atom stereocenters. The summed E-state index contributed by atoms with van der Waals surface area (Å²) in [5.41, 5.74) is 5.59. The molecule has 0 amide bonds. The fraction of sp³-hybridized carbons (Fsp3) is 0.500. The predicted molar refractivity (Wildman–Crippen MR) is 69.5 cm³/mol. The minimum Gasteiger partial charge on any atom is -0.396 e. The van der Waals surface area contributed by atoms with Gasteiger partial charge in [-0.1, -0.05) is 0 Å². The summed E-state index contributed by atoms with van der Waals surface area (Å²) in [5.74, 6) is -0.620. The molecule has 5 nitrogen and oxygen atoms in total. The van der Waals surface area contributed by atoms with Gasteiger partial charge < -0.3 is 10.8 Å². The molecule has 0 aromatic heterocycles. The van der Waals surface area contributed by atoms with E-state index in [9.17, 15) is 17.9 Å². The van der Waals surface area contributed by atoms with Crippen LogP contribution in [-0.2, 0) is 10.0 Å². The number of benzene rings is 1. The maximum Gasteiger partial charge on any atom is 0.243 e. The van der Waals surface area contributed by atoms with Crippen molar-refractivity contribution in [2.75, 3.05) is 18.8 Å². The Kier molecular flexibility index (Phi) is 3.80. The molecule has 0 spiro atoms. The number of aliphatic hydroxyl groups is 1. The summed E-state index contributed by atoms with van der Waals surface area (Å²) < 4.78 is 39.5. The van der Waals surface area contributed by atoms with Crippen LogP contribution in [0.1, 0.15) is 18.4 Å². The van der Waals surface area contributed by atoms with Crippen LogP contribution in [0.4, 0.5) is 10.1 Å². The summed E-state index contributed by atoms with van der Waals surface area (Å²) in [6.45, 7) is 2.06. The third-order valence-corrected chi connectivity index (χ3v) is 5.38. The largest absolute Gasteiger partial charge is 0.396 e. The highest BCUT2D eigenvalue weighted by Crippen LogP contribution is 2.26. The van der Waals surface area contributed by atoms with Crippen LogP contribution in [0.3, 0.4) is 0 Å². The van der Waals surface area contributed by atoms with Gasteiger partial charge in [-0.25, -0.2) is 12.8 Å². The Hall–Kier alpha value is -1.18. The lowest BCUT2D eigenvalue weighted by Gasteiger charge is -2.29. The Balaban J connectivity index is 2.37. The van der Waals surface area contributed by atoms with Crippen LogP contribution >= 0.6 is 0 Å². The van der Waals surface area contributed by atoms with Gasteiger partial charge in [0, 0.05) is 13.1 Å². The Morgan fingerprint density at radius 3 is 2.53 bits per heavy atom. The Bertz CT molecular complexity index is 581. The maximum absolute atomic E-state index is 13.3. The number of piperidine rings is 1. The molecule has 1 heterocycles. The molecule has 0 bridgehead atoms. The third-order valence-electron chi connectivity index (χ3n) is 3.34. The molecule has 2 rings (SSSR count). The highest BCUT2D eigenvalue weighted by atomic mass is 32.2. The zero-order valence-corrected chi connectivity index (χ0v) is 11.5. The van der Waals surface area contributed by atoms with Crippen LogP contribution < -0.4 is 5.73 Å². The van der Waals surface area contributed by atoms with Crippen molar-refractivity contribution in [2.24, 2.45) is 0 Å². The van der Waals surface area contributed by atoms with Crippen molar-refractivity contribution in [3.05, 3.63) is 23.5 Å². The van der Waals surface area contributed by atoms with Gasteiger partial charge in [-0.15, -0.1) is 0 Å². The molecule has 19 heavy (non-hydrogen) atoms. The average molecular weight is 288 g/mol. The van der Waals surface area contributed by atoms with Gasteiger partial charge in [-0.2, -0.15) is 4.31 Å². The summed E-state index contributed by atoms with van der Waals surface area (Å²) in [6.07, 6.45) is 0.370. The molecule has 0 radical (unpaired) electrons. The lowest BCUT2D eigenvalue weighted by molar-refractivity contribution is 0.113. The predicted octanol–water partition coefficient (Wildman–Crippen LogP) is 0.862. The van der Waals surface area contributed by atoms with Crippen molar-refractivity contribution < 1.29 is 17.9 Å². The molecule has 0 unspecified atom stereocenters. The first-order valence-electron chi connectivity index (χ1n) is 6.06. The standard InChI is InChI=1S/C12H17FN2O3S/c1-8-6-10(13)11(14)7-12(8)19(17,18)15-4-2-9(16)3-5-15/h6-7,9,16H,2-5,14H2,1H3. The van der Waals surface area contributed by atoms with Gasteiger partial charge in [0.1, 0.15) is 5.82 Å². The first kappa shape index (κ1) is 14.2. The van der Waals surface area contributed by atoms with E-state index >= 15 is 0 Å². The number of nitrogen functional groups attached to an aromatic ring is 1. The molecular formula is C12H17FN2O3S. The quantitative estimate of drug-likeness (QED) is 0.791. The van der Waals surface area contributed by atoms with Crippen LogP contribution in [0, 0.1) is 12.7 Å². The van der Waals surface area contributed by atoms with E-state index in [2.05, 4.69) is 0 Å². The fourth-order valence-electron chi connectivity index (χ4n) is 2.17. The van der Waals surface area contributed by atoms with E-state index in [0.717, 1.165) is 12.1 Å². The minimum absolute atomic E-state index is 0.0304. The smallest absolute Gasteiger partial charge is 0.243 e. The number of nitrogens with zero attached hydrogens (tertiary/aromatic N) is 1. The molecule has 7 heteroatoms. The number of anilines is 1. The Morgan fingerprint density at radius 2 is 1.95 bits per heavy atom. The van der Waals surface area contributed by atoms with Gasteiger partial charge in [0.05, 0.1) is 16.7 Å². The topological polar surface area (TPSA) is 83.6 Å². The molecule has 1 aliphatic rings. The summed E-state index contributed by atoms with van der Waals surface area (Å²) in [6, 6.07) is 2.28. The lowest BCUT2D eigenvalue weighted by Crippen LogP contribution is -2.40. The van der Waals surface area contributed by atoms with Crippen LogP contribution in [-0.4, -0.2) is 37.0 Å². The molecule has 1 aliphatic heterocycles. The van der Waals surface area contributed by atoms with Crippen molar-refractivity contribution in [1.82, 2.24) is 4.31 Å². The molecule has 0 aliphatic carbocycles. The number of aliphatic hydroxyl groups excluding tert-OH is 1. The first-order valence-corrected chi connectivity index (χ1v) is 7.50. The van der Waals surface area contributed by atoms with E-state index in [1.165, 1.54) is 11.2 Å². The zero-order valence-electron chi connectivity index (χ0n) is 10.6. The third kappa shape index (κ3) is 2.72. The van der Waals surface area contributed by atoms with Gasteiger partial charge in [0.2, 0.25) is 10.0 Å². The maximum atomic E-state index is 13.3. The van der Waals surface area contributed by atoms with Gasteiger partial charge in [0.15, 0.2) is 0 Å². The number of rotatable bonds is 2. The van der Waals surface area contributed by atoms with Crippen molar-refractivity contribution in [1.29, 1.82) is 0 Å². The monoisotopic (exact) mass is 288 g/mol. The van der Waals surface area contributed by atoms with Crippen molar-refractivity contribution in [3.8, 4) is 0 Å². The van der Waals surface area contributed by atoms with E-state index < -0.39 is 21.9 Å². The number of hydrogen-bond donors (Lipinski definition) is 2. The summed E-state index contributed by atoms with van der Waals surface area (Å²) in [5, 5.41) is 9.41. The van der Waals surface area contributed by atoms with Gasteiger partial charge in [-0.3, -0.25) is 0 Å². The van der Waals surface area contributed by atoms with E-state index in [1.807, 2.05) is 0 Å². The van der Waals surface area contributed by atoms with Gasteiger partial charge in [-0.05, 0) is 37.5 Å². The molecule has 3 N–H and O–H groups in total. The molecule has 0 saturated carbocycles. The van der Waals surface area contributed by atoms with Crippen molar-refractivity contribution in [2.45, 2.75) is 30.8 Å². The second-order valence-electron chi connectivity index (χ2n) is 4.77. The molecule has 1 aromatic carbocycles. The fourth-order valence-corrected chi connectivity index (χ4v) is 3.88. The number of aryl methyl sites for hydroxylation is 1. The Morgan fingerprint density at radius 1 is 1.37 bits per heavy atom.